The van der Waals surface area contributed by atoms with E-state index >= 15 is 0 Å². The molecule has 56 valence electrons. The van der Waals surface area contributed by atoms with E-state index in [9.17, 15) is 4.79 Å². The van der Waals surface area contributed by atoms with Crippen LogP contribution in [0.4, 0.5) is 5.82 Å². The number of carbonyl (C=O) groups is 1. The maximum Gasteiger partial charge on any atom is 0.231 e. The Labute approximate surface area is 67.6 Å². The average molecular weight is 170 g/mol. The van der Waals surface area contributed by atoms with Crippen molar-refractivity contribution < 1.29 is 4.79 Å². The Kier molecular flexibility index (Phi) is 1.29. The molecule has 0 spiro atoms. The van der Waals surface area contributed by atoms with Crippen LogP contribution in [-0.4, -0.2) is 15.9 Å². The highest BCUT2D eigenvalue weighted by molar-refractivity contribution is 6.29. The first-order valence-electron chi connectivity index (χ1n) is 3.07. The lowest BCUT2D eigenvalue weighted by atomic mass is 10.3. The van der Waals surface area contributed by atoms with E-state index in [0.29, 0.717) is 16.7 Å². The van der Waals surface area contributed by atoms with Gasteiger partial charge >= 0.3 is 0 Å². The third kappa shape index (κ3) is 1.05. The summed E-state index contributed by atoms with van der Waals surface area (Å²) < 4.78 is 0. The lowest BCUT2D eigenvalue weighted by Gasteiger charge is -1.94. The van der Waals surface area contributed by atoms with Crippen LogP contribution in [0, 0.1) is 0 Å². The van der Waals surface area contributed by atoms with Gasteiger partial charge in [0.25, 0.3) is 0 Å². The minimum atomic E-state index is -0.0812. The summed E-state index contributed by atoms with van der Waals surface area (Å²) in [5.74, 6) is 0.446. The van der Waals surface area contributed by atoms with Gasteiger partial charge in [-0.1, -0.05) is 11.6 Å². The van der Waals surface area contributed by atoms with Gasteiger partial charge in [0.05, 0.1) is 18.3 Å². The van der Waals surface area contributed by atoms with E-state index in [1.165, 1.54) is 6.20 Å². The third-order valence-electron chi connectivity index (χ3n) is 1.40. The molecule has 1 amide bonds. The van der Waals surface area contributed by atoms with Gasteiger partial charge < -0.3 is 5.32 Å². The van der Waals surface area contributed by atoms with E-state index in [1.54, 1.807) is 0 Å². The summed E-state index contributed by atoms with van der Waals surface area (Å²) in [7, 11) is 0. The van der Waals surface area contributed by atoms with Gasteiger partial charge in [0.1, 0.15) is 5.15 Å². The number of carbonyl (C=O) groups excluding carboxylic acids is 1. The van der Waals surface area contributed by atoms with Crippen molar-refractivity contribution in [1.29, 1.82) is 0 Å². The molecule has 0 saturated carbocycles. The summed E-state index contributed by atoms with van der Waals surface area (Å²) in [6, 6.07) is 0. The van der Waals surface area contributed by atoms with Crippen LogP contribution >= 0.6 is 11.6 Å². The van der Waals surface area contributed by atoms with E-state index in [1.807, 2.05) is 0 Å². The molecule has 1 aliphatic rings. The predicted molar refractivity (Wildman–Crippen MR) is 39.4 cm³/mol. The van der Waals surface area contributed by atoms with Crippen LogP contribution in [0.5, 0.6) is 0 Å². The first kappa shape index (κ1) is 6.54. The summed E-state index contributed by atoms with van der Waals surface area (Å²) in [4.78, 5) is 18.6. The van der Waals surface area contributed by atoms with Gasteiger partial charge in [-0.25, -0.2) is 9.97 Å². The van der Waals surface area contributed by atoms with Crippen LogP contribution in [0.2, 0.25) is 5.15 Å². The Balaban J connectivity index is 2.51. The van der Waals surface area contributed by atoms with Crippen LogP contribution in [0.25, 0.3) is 0 Å². The number of hydrogen-bond acceptors (Lipinski definition) is 3. The third-order valence-corrected chi connectivity index (χ3v) is 1.58. The molecule has 0 bridgehead atoms. The zero-order valence-corrected chi connectivity index (χ0v) is 6.22. The Morgan fingerprint density at radius 2 is 2.45 bits per heavy atom. The Morgan fingerprint density at radius 3 is 3.27 bits per heavy atom. The number of nitrogens with one attached hydrogen (secondary N) is 1. The quantitative estimate of drug-likeness (QED) is 0.620. The molecule has 0 unspecified atom stereocenters. The van der Waals surface area contributed by atoms with Crippen molar-refractivity contribution in [3.63, 3.8) is 0 Å². The molecule has 0 fully saturated rings. The molecule has 1 aromatic heterocycles. The molecular formula is C6H4ClN3O. The van der Waals surface area contributed by atoms with Gasteiger partial charge in [-0.15, -0.1) is 0 Å². The second-order valence-electron chi connectivity index (χ2n) is 2.21. The molecule has 0 aliphatic carbocycles. The van der Waals surface area contributed by atoms with Gasteiger partial charge in [0.15, 0.2) is 5.82 Å². The summed E-state index contributed by atoms with van der Waals surface area (Å²) in [5.41, 5.74) is 0.627. The summed E-state index contributed by atoms with van der Waals surface area (Å²) >= 11 is 5.56. The number of amides is 1. The van der Waals surface area contributed by atoms with Gasteiger partial charge in [-0.2, -0.15) is 0 Å². The van der Waals surface area contributed by atoms with Crippen LogP contribution in [0.1, 0.15) is 5.69 Å². The fourth-order valence-electron chi connectivity index (χ4n) is 0.959. The first-order valence-corrected chi connectivity index (χ1v) is 3.45. The van der Waals surface area contributed by atoms with Crippen molar-refractivity contribution in [2.24, 2.45) is 0 Å². The SMILES string of the molecule is O=C1Cc2nc(Cl)cnc2N1. The smallest absolute Gasteiger partial charge is 0.231 e. The minimum absolute atomic E-state index is 0.0812. The van der Waals surface area contributed by atoms with Crippen LogP contribution in [-0.2, 0) is 11.2 Å². The lowest BCUT2D eigenvalue weighted by molar-refractivity contribution is -0.115. The topological polar surface area (TPSA) is 54.9 Å². The van der Waals surface area contributed by atoms with E-state index < -0.39 is 0 Å². The van der Waals surface area contributed by atoms with Crippen molar-refractivity contribution in [2.45, 2.75) is 6.42 Å². The van der Waals surface area contributed by atoms with Gasteiger partial charge in [0, 0.05) is 0 Å². The summed E-state index contributed by atoms with van der Waals surface area (Å²) in [5, 5.41) is 2.87. The largest absolute Gasteiger partial charge is 0.309 e. The Bertz CT molecular complexity index is 326. The number of anilines is 1. The van der Waals surface area contributed by atoms with Crippen molar-refractivity contribution in [2.75, 3.05) is 5.32 Å². The fourth-order valence-corrected chi connectivity index (χ4v) is 1.11. The molecule has 0 aromatic carbocycles. The molecule has 0 radical (unpaired) electrons. The molecule has 11 heavy (non-hydrogen) atoms. The highest BCUT2D eigenvalue weighted by atomic mass is 35.5. The Morgan fingerprint density at radius 1 is 1.64 bits per heavy atom. The first-order chi connectivity index (χ1) is 5.25. The summed E-state index contributed by atoms with van der Waals surface area (Å²) in [6.45, 7) is 0. The van der Waals surface area contributed by atoms with Crippen molar-refractivity contribution in [3.05, 3.63) is 17.0 Å². The van der Waals surface area contributed by atoms with Crippen molar-refractivity contribution in [3.8, 4) is 0 Å². The van der Waals surface area contributed by atoms with Gasteiger partial charge in [-0.05, 0) is 0 Å². The zero-order chi connectivity index (χ0) is 7.84. The molecule has 4 nitrogen and oxygen atoms in total. The number of fused-ring (bicyclic) bond motifs is 1. The van der Waals surface area contributed by atoms with E-state index in [4.69, 9.17) is 11.6 Å². The number of aromatic nitrogens is 2. The van der Waals surface area contributed by atoms with Crippen molar-refractivity contribution in [1.82, 2.24) is 9.97 Å². The predicted octanol–water partition coefficient (Wildman–Crippen LogP) is 0.625. The Hall–Kier alpha value is -1.16. The maximum absolute atomic E-state index is 10.8. The normalized spacial score (nSPS) is 14.5. The molecule has 5 heteroatoms. The number of hydrogen-bond donors (Lipinski definition) is 1. The van der Waals surface area contributed by atoms with E-state index in [0.717, 1.165) is 0 Å². The monoisotopic (exact) mass is 169 g/mol. The number of halogens is 1. The zero-order valence-electron chi connectivity index (χ0n) is 5.47. The van der Waals surface area contributed by atoms with Crippen LogP contribution < -0.4 is 5.32 Å². The van der Waals surface area contributed by atoms with Gasteiger partial charge in [-0.3, -0.25) is 4.79 Å². The molecule has 1 aliphatic heterocycles. The average Bonchev–Trinajstić information content (AvgIpc) is 2.27. The molecule has 0 saturated heterocycles. The summed E-state index contributed by atoms with van der Waals surface area (Å²) in [6.07, 6.45) is 1.69. The molecule has 2 rings (SSSR count). The minimum Gasteiger partial charge on any atom is -0.309 e. The fraction of sp³-hybridized carbons (Fsp3) is 0.167. The molecule has 2 heterocycles. The molecule has 0 atom stereocenters. The maximum atomic E-state index is 10.8. The standard InChI is InChI=1S/C6H4ClN3O/c7-4-2-8-6-3(9-4)1-5(11)10-6/h2H,1H2,(H,8,10,11). The van der Waals surface area contributed by atoms with E-state index in [2.05, 4.69) is 15.3 Å². The molecule has 1 N–H and O–H groups in total. The number of nitrogens with zero attached hydrogens (tertiary/aromatic N) is 2. The lowest BCUT2D eigenvalue weighted by Crippen LogP contribution is -2.04. The van der Waals surface area contributed by atoms with Crippen LogP contribution in [0.15, 0.2) is 6.20 Å². The highest BCUT2D eigenvalue weighted by Gasteiger charge is 2.19. The highest BCUT2D eigenvalue weighted by Crippen LogP contribution is 2.18. The second kappa shape index (κ2) is 2.17. The second-order valence-corrected chi connectivity index (χ2v) is 2.60. The van der Waals surface area contributed by atoms with Crippen LogP contribution in [0.3, 0.4) is 0 Å². The molecular weight excluding hydrogens is 166 g/mol. The van der Waals surface area contributed by atoms with Gasteiger partial charge in [0.2, 0.25) is 5.91 Å². The number of rotatable bonds is 0. The van der Waals surface area contributed by atoms with Crippen molar-refractivity contribution >= 4 is 23.3 Å². The van der Waals surface area contributed by atoms with E-state index in [-0.39, 0.29) is 12.3 Å². The molecule has 1 aromatic rings.